The van der Waals surface area contributed by atoms with Crippen molar-refractivity contribution in [1.82, 2.24) is 14.6 Å². The summed E-state index contributed by atoms with van der Waals surface area (Å²) in [6.07, 6.45) is -0.795. The molecule has 3 heterocycles. The number of methoxy groups -OCH3 is 1. The summed E-state index contributed by atoms with van der Waals surface area (Å²) in [5, 5.41) is -1.30. The highest BCUT2D eigenvalue weighted by Crippen LogP contribution is 2.58. The number of Topliss-reactive ketones (excluding diaryl/α,β-unsaturated/α-hetero) is 1. The molecule has 6 rings (SSSR count). The topological polar surface area (TPSA) is 158 Å². The van der Waals surface area contributed by atoms with Gasteiger partial charge in [-0.15, -0.1) is 0 Å². The third kappa shape index (κ3) is 8.63. The molecule has 0 bridgehead atoms. The van der Waals surface area contributed by atoms with Crippen LogP contribution in [0.3, 0.4) is 0 Å². The normalized spacial score (nSPS) is 29.9. The van der Waals surface area contributed by atoms with Gasteiger partial charge < -0.3 is 19.1 Å². The Morgan fingerprint density at radius 2 is 1.75 bits per heavy atom. The molecule has 57 heavy (non-hydrogen) atoms. The predicted molar refractivity (Wildman–Crippen MR) is 199 cm³/mol. The first-order valence-electron chi connectivity index (χ1n) is 19.2. The van der Waals surface area contributed by atoms with Crippen LogP contribution in [0.5, 0.6) is 11.6 Å². The van der Waals surface area contributed by atoms with Crippen molar-refractivity contribution < 1.29 is 59.4 Å². The number of rotatable bonds is 9. The van der Waals surface area contributed by atoms with Gasteiger partial charge in [-0.2, -0.15) is 13.2 Å². The molecule has 2 aliphatic heterocycles. The van der Waals surface area contributed by atoms with Gasteiger partial charge in [-0.05, 0) is 63.4 Å². The van der Waals surface area contributed by atoms with Crippen LogP contribution in [0.15, 0.2) is 42.6 Å². The summed E-state index contributed by atoms with van der Waals surface area (Å²) in [4.78, 5) is 62.0. The monoisotopic (exact) mass is 823 g/mol. The smallest absolute Gasteiger partial charge is 0.427 e. The van der Waals surface area contributed by atoms with E-state index < -0.39 is 98.5 Å². The lowest BCUT2D eigenvalue weighted by Crippen LogP contribution is -2.48. The molecule has 3 fully saturated rings. The lowest BCUT2D eigenvalue weighted by Gasteiger charge is -2.33. The van der Waals surface area contributed by atoms with E-state index in [4.69, 9.17) is 14.2 Å². The average Bonchev–Trinajstić information content (AvgIpc) is 4.01. The van der Waals surface area contributed by atoms with Gasteiger partial charge in [-0.25, -0.2) is 22.5 Å². The van der Waals surface area contributed by atoms with Crippen LogP contribution < -0.4 is 14.2 Å². The number of hydrogen-bond donors (Lipinski definition) is 1. The minimum absolute atomic E-state index is 0.0223. The molecule has 7 atom stereocenters. The number of esters is 1. The van der Waals surface area contributed by atoms with Crippen molar-refractivity contribution in [1.29, 1.82) is 0 Å². The molecular formula is C40H49F4N3O9S. The largest absolute Gasteiger partial charge is 0.494 e. The number of carbonyl (C=O) groups excluding carboxylic acids is 4. The van der Waals surface area contributed by atoms with Crippen LogP contribution >= 0.6 is 0 Å². The van der Waals surface area contributed by atoms with Gasteiger partial charge in [0.2, 0.25) is 28.3 Å². The van der Waals surface area contributed by atoms with Crippen LogP contribution in [-0.2, 0) is 33.9 Å². The van der Waals surface area contributed by atoms with Crippen molar-refractivity contribution in [3.63, 3.8) is 0 Å². The van der Waals surface area contributed by atoms with Crippen molar-refractivity contribution >= 4 is 44.4 Å². The zero-order valence-electron chi connectivity index (χ0n) is 32.6. The zero-order chi connectivity index (χ0) is 41.7. The van der Waals surface area contributed by atoms with Gasteiger partial charge >= 0.3 is 12.1 Å². The summed E-state index contributed by atoms with van der Waals surface area (Å²) in [6, 6.07) is 5.90. The molecule has 2 amide bonds. The number of aromatic nitrogens is 1. The predicted octanol–water partition coefficient (Wildman–Crippen LogP) is 6.37. The number of nitrogens with one attached hydrogen (secondary N) is 1. The molecule has 2 saturated carbocycles. The Morgan fingerprint density at radius 3 is 2.40 bits per heavy atom. The van der Waals surface area contributed by atoms with Gasteiger partial charge in [0.15, 0.2) is 5.78 Å². The number of sulfonamides is 1. The molecular weight excluding hydrogens is 775 g/mol. The minimum Gasteiger partial charge on any atom is -0.494 e. The molecule has 12 nitrogen and oxygen atoms in total. The summed E-state index contributed by atoms with van der Waals surface area (Å²) < 4.78 is 100. The number of hydrogen-bond acceptors (Lipinski definition) is 10. The molecule has 1 saturated heterocycles. The lowest BCUT2D eigenvalue weighted by molar-refractivity contribution is -0.257. The quantitative estimate of drug-likeness (QED) is 0.171. The highest BCUT2D eigenvalue weighted by atomic mass is 32.2. The van der Waals surface area contributed by atoms with E-state index >= 15 is 0 Å². The maximum atomic E-state index is 14.8. The summed E-state index contributed by atoms with van der Waals surface area (Å²) in [7, 11) is -3.20. The number of benzene rings is 1. The van der Waals surface area contributed by atoms with Crippen molar-refractivity contribution in [3.05, 3.63) is 42.6 Å². The van der Waals surface area contributed by atoms with E-state index in [0.29, 0.717) is 35.8 Å². The van der Waals surface area contributed by atoms with Crippen LogP contribution in [0.2, 0.25) is 0 Å². The first-order valence-corrected chi connectivity index (χ1v) is 20.7. The van der Waals surface area contributed by atoms with Gasteiger partial charge in [0.05, 0.1) is 43.6 Å². The third-order valence-corrected chi connectivity index (χ3v) is 13.8. The Hall–Kier alpha value is -4.28. The lowest BCUT2D eigenvalue weighted by atomic mass is 9.82. The second-order valence-electron chi connectivity index (χ2n) is 16.7. The van der Waals surface area contributed by atoms with Crippen molar-refractivity contribution in [2.75, 3.05) is 13.7 Å². The van der Waals surface area contributed by atoms with Crippen LogP contribution in [0.1, 0.15) is 85.5 Å². The maximum Gasteiger partial charge on any atom is 0.427 e. The van der Waals surface area contributed by atoms with E-state index in [1.54, 1.807) is 37.3 Å². The first-order chi connectivity index (χ1) is 26.6. The Labute approximate surface area is 329 Å². The van der Waals surface area contributed by atoms with Gasteiger partial charge in [-0.3, -0.25) is 19.2 Å². The fourth-order valence-corrected chi connectivity index (χ4v) is 9.36. The summed E-state index contributed by atoms with van der Waals surface area (Å²) >= 11 is 0. The second-order valence-corrected chi connectivity index (χ2v) is 18.6. The third-order valence-electron chi connectivity index (χ3n) is 12.0. The highest BCUT2D eigenvalue weighted by molar-refractivity contribution is 7.91. The standard InChI is InChI=1S/C40H49F4N3O9S/c1-23-10-6-7-11-25-19-38(25,36(51)46-57(52,53)39(41)14-15-39)20-31(48)30-17-26(55-34-28-13-9-8-12-27(28)32(54-5)21-45-34)22-47(30)35(50)29(24(2)16-23)18-33(49)56-37(3,4)40(42,43)44/h7-9,11-13,21,23-26,29-30H,6,10,14-20,22H2,1-5H3,(H,46,51)/b11-7-/t23-,24+,25+,26+,29-,30-,38+/m0/s1. The van der Waals surface area contributed by atoms with Crippen LogP contribution in [0, 0.1) is 29.1 Å². The zero-order valence-corrected chi connectivity index (χ0v) is 33.4. The SMILES string of the molecule is COc1cnc(O[C@@H]2C[C@H]3C(=O)C[C@]4(C(=O)NS(=O)(=O)C5(F)CC5)C[C@H]4/C=C\CC[C@H](C)C[C@@H](C)[C@H](CC(=O)OC(C)(C)C(F)(F)F)C(=O)N3C2)c2ccccc12. The Bertz CT molecular complexity index is 2050. The van der Waals surface area contributed by atoms with Crippen molar-refractivity contribution in [3.8, 4) is 11.6 Å². The Morgan fingerprint density at radius 1 is 1.07 bits per heavy atom. The molecule has 0 spiro atoms. The number of pyridine rings is 1. The number of ether oxygens (including phenoxy) is 3. The number of fused-ring (bicyclic) bond motifs is 3. The van der Waals surface area contributed by atoms with Crippen LogP contribution in [0.25, 0.3) is 10.8 Å². The number of nitrogens with zero attached hydrogens (tertiary/aromatic N) is 2. The molecule has 2 aliphatic carbocycles. The van der Waals surface area contributed by atoms with E-state index in [0.717, 1.165) is 13.8 Å². The number of allylic oxidation sites excluding steroid dienone is 2. The number of alkyl halides is 4. The molecule has 17 heteroatoms. The van der Waals surface area contributed by atoms with Gasteiger partial charge in [0, 0.05) is 36.5 Å². The summed E-state index contributed by atoms with van der Waals surface area (Å²) in [5.74, 6) is -5.16. The number of halogens is 4. The van der Waals surface area contributed by atoms with Gasteiger partial charge in [0.1, 0.15) is 11.9 Å². The second kappa shape index (κ2) is 15.5. The van der Waals surface area contributed by atoms with E-state index in [9.17, 15) is 45.2 Å². The molecule has 1 N–H and O–H groups in total. The summed E-state index contributed by atoms with van der Waals surface area (Å²) in [6.45, 7) is 4.93. The number of ketones is 1. The van der Waals surface area contributed by atoms with E-state index in [1.807, 2.05) is 17.7 Å². The van der Waals surface area contributed by atoms with Crippen LogP contribution in [0.4, 0.5) is 17.6 Å². The van der Waals surface area contributed by atoms with Crippen molar-refractivity contribution in [2.24, 2.45) is 29.1 Å². The Balaban J connectivity index is 1.36. The number of amides is 2. The van der Waals surface area contributed by atoms with Gasteiger partial charge in [-0.1, -0.05) is 44.2 Å². The van der Waals surface area contributed by atoms with E-state index in [1.165, 1.54) is 18.2 Å². The Kier molecular flexibility index (Phi) is 11.5. The highest BCUT2D eigenvalue weighted by Gasteiger charge is 2.64. The minimum atomic E-state index is -4.88. The fourth-order valence-electron chi connectivity index (χ4n) is 8.09. The fraction of sp³-hybridized carbons (Fsp3) is 0.625. The first kappa shape index (κ1) is 42.3. The number of carbonyl (C=O) groups is 4. The van der Waals surface area contributed by atoms with Crippen molar-refractivity contribution in [2.45, 2.75) is 114 Å². The summed E-state index contributed by atoms with van der Waals surface area (Å²) in [5.41, 5.74) is -4.38. The van der Waals surface area contributed by atoms with Crippen LogP contribution in [-0.4, -0.2) is 84.4 Å². The molecule has 0 unspecified atom stereocenters. The molecule has 1 aromatic heterocycles. The average molecular weight is 824 g/mol. The maximum absolute atomic E-state index is 14.8. The van der Waals surface area contributed by atoms with Gasteiger partial charge in [0.25, 0.3) is 10.0 Å². The van der Waals surface area contributed by atoms with E-state index in [-0.39, 0.29) is 44.0 Å². The molecule has 1 aromatic carbocycles. The molecule has 312 valence electrons. The molecule has 2 aromatic rings. The molecule has 0 radical (unpaired) electrons. The van der Waals surface area contributed by atoms with E-state index in [2.05, 4.69) is 4.98 Å². The molecule has 4 aliphatic rings.